The number of rotatable bonds is 3. The first-order valence-electron chi connectivity index (χ1n) is 2.89. The summed E-state index contributed by atoms with van der Waals surface area (Å²) < 4.78 is 56.4. The number of halogens is 3. The molecule has 0 bridgehead atoms. The van der Waals surface area contributed by atoms with Crippen LogP contribution in [0.25, 0.3) is 0 Å². The monoisotopic (exact) mass is 203 g/mol. The van der Waals surface area contributed by atoms with Crippen molar-refractivity contribution in [3.05, 3.63) is 12.7 Å². The van der Waals surface area contributed by atoms with Crippen molar-refractivity contribution < 1.29 is 21.6 Å². The highest BCUT2D eigenvalue weighted by atomic mass is 32.2. The maximum atomic E-state index is 11.9. The van der Waals surface area contributed by atoms with Crippen LogP contribution in [0.3, 0.4) is 0 Å². The van der Waals surface area contributed by atoms with Gasteiger partial charge >= 0.3 is 6.18 Å². The van der Waals surface area contributed by atoms with Crippen LogP contribution >= 0.6 is 0 Å². The van der Waals surface area contributed by atoms with E-state index in [2.05, 4.69) is 11.7 Å². The second-order valence-electron chi connectivity index (χ2n) is 2.14. The molecule has 0 heterocycles. The molecule has 0 saturated heterocycles. The molecular formula is C5H8F3NO2S. The molecule has 0 radical (unpaired) electrons. The Morgan fingerprint density at radius 3 is 2.00 bits per heavy atom. The molecule has 0 saturated carbocycles. The van der Waals surface area contributed by atoms with E-state index in [4.69, 9.17) is 0 Å². The van der Waals surface area contributed by atoms with Crippen LogP contribution in [0.2, 0.25) is 0 Å². The van der Waals surface area contributed by atoms with E-state index in [9.17, 15) is 21.6 Å². The van der Waals surface area contributed by atoms with E-state index in [0.717, 1.165) is 6.08 Å². The molecule has 2 N–H and O–H groups in total. The summed E-state index contributed by atoms with van der Waals surface area (Å²) in [6.07, 6.45) is -4.69. The Labute approximate surface area is 68.1 Å². The third-order valence-electron chi connectivity index (χ3n) is 1.14. The highest BCUT2D eigenvalue weighted by Crippen LogP contribution is 2.27. The van der Waals surface area contributed by atoms with Crippen LogP contribution in [0.15, 0.2) is 12.7 Å². The van der Waals surface area contributed by atoms with Crippen LogP contribution in [0.5, 0.6) is 0 Å². The summed E-state index contributed by atoms with van der Waals surface area (Å²) in [6, 6.07) is 0. The van der Waals surface area contributed by atoms with Gasteiger partial charge in [-0.05, 0) is 6.42 Å². The summed E-state index contributed by atoms with van der Waals surface area (Å²) in [6.45, 7) is 3.01. The number of hydrogen-bond acceptors (Lipinski definition) is 2. The van der Waals surface area contributed by atoms with Gasteiger partial charge in [0.25, 0.3) is 0 Å². The van der Waals surface area contributed by atoms with Gasteiger partial charge < -0.3 is 0 Å². The minimum Gasteiger partial charge on any atom is -0.228 e. The lowest BCUT2D eigenvalue weighted by Crippen LogP contribution is -2.40. The smallest absolute Gasteiger partial charge is 0.228 e. The lowest BCUT2D eigenvalue weighted by molar-refractivity contribution is -0.129. The molecule has 0 amide bonds. The molecule has 0 aliphatic rings. The van der Waals surface area contributed by atoms with Crippen molar-refractivity contribution in [1.29, 1.82) is 0 Å². The average molecular weight is 203 g/mol. The van der Waals surface area contributed by atoms with Gasteiger partial charge in [0, 0.05) is 0 Å². The average Bonchev–Trinajstić information content (AvgIpc) is 1.77. The Morgan fingerprint density at radius 1 is 1.50 bits per heavy atom. The first-order chi connectivity index (χ1) is 5.19. The molecule has 0 unspecified atom stereocenters. The maximum Gasteiger partial charge on any atom is 0.407 e. The van der Waals surface area contributed by atoms with Crippen LogP contribution in [-0.4, -0.2) is 19.8 Å². The van der Waals surface area contributed by atoms with Crippen LogP contribution in [0.4, 0.5) is 13.2 Å². The highest BCUT2D eigenvalue weighted by Gasteiger charge is 2.46. The summed E-state index contributed by atoms with van der Waals surface area (Å²) in [7, 11) is -4.58. The molecule has 12 heavy (non-hydrogen) atoms. The highest BCUT2D eigenvalue weighted by molar-refractivity contribution is 7.89. The van der Waals surface area contributed by atoms with E-state index < -0.39 is 27.9 Å². The van der Waals surface area contributed by atoms with Crippen molar-refractivity contribution in [2.45, 2.75) is 17.8 Å². The molecule has 0 rings (SSSR count). The maximum absolute atomic E-state index is 11.9. The molecule has 0 aromatic carbocycles. The fourth-order valence-electron chi connectivity index (χ4n) is 0.605. The molecule has 0 spiro atoms. The largest absolute Gasteiger partial charge is 0.407 e. The molecule has 7 heteroatoms. The lowest BCUT2D eigenvalue weighted by atomic mass is 10.3. The van der Waals surface area contributed by atoms with Gasteiger partial charge in [-0.3, -0.25) is 0 Å². The molecule has 0 aromatic heterocycles. The second-order valence-corrected chi connectivity index (χ2v) is 3.89. The predicted octanol–water partition coefficient (Wildman–Crippen LogP) is 0.782. The topological polar surface area (TPSA) is 60.2 Å². The zero-order valence-corrected chi connectivity index (χ0v) is 6.82. The summed E-state index contributed by atoms with van der Waals surface area (Å²) in [5.41, 5.74) is 0. The van der Waals surface area contributed by atoms with Crippen LogP contribution < -0.4 is 5.14 Å². The van der Waals surface area contributed by atoms with Gasteiger partial charge in [0.15, 0.2) is 5.25 Å². The van der Waals surface area contributed by atoms with Crippen molar-refractivity contribution >= 4 is 10.0 Å². The normalized spacial score (nSPS) is 15.7. The summed E-state index contributed by atoms with van der Waals surface area (Å²) >= 11 is 0. The van der Waals surface area contributed by atoms with E-state index in [0.29, 0.717) is 0 Å². The van der Waals surface area contributed by atoms with Gasteiger partial charge in [-0.15, -0.1) is 6.58 Å². The van der Waals surface area contributed by atoms with Gasteiger partial charge in [0.05, 0.1) is 0 Å². The summed E-state index contributed by atoms with van der Waals surface area (Å²) in [4.78, 5) is 0. The quantitative estimate of drug-likeness (QED) is 0.689. The van der Waals surface area contributed by atoms with Crippen molar-refractivity contribution in [1.82, 2.24) is 0 Å². The molecule has 0 aliphatic heterocycles. The molecule has 1 atom stereocenters. The number of sulfonamides is 1. The Bertz CT molecular complexity index is 256. The zero-order chi connectivity index (χ0) is 9.99. The molecular weight excluding hydrogens is 195 g/mol. The minimum absolute atomic E-state index is 0.720. The van der Waals surface area contributed by atoms with Gasteiger partial charge in [-0.1, -0.05) is 6.08 Å². The minimum atomic E-state index is -4.83. The Morgan fingerprint density at radius 2 is 1.92 bits per heavy atom. The third kappa shape index (κ3) is 3.22. The van der Waals surface area contributed by atoms with E-state index >= 15 is 0 Å². The van der Waals surface area contributed by atoms with Gasteiger partial charge in [-0.2, -0.15) is 13.2 Å². The van der Waals surface area contributed by atoms with Gasteiger partial charge in [0.2, 0.25) is 10.0 Å². The fraction of sp³-hybridized carbons (Fsp3) is 0.600. The van der Waals surface area contributed by atoms with Crippen molar-refractivity contribution in [3.8, 4) is 0 Å². The van der Waals surface area contributed by atoms with Crippen LogP contribution in [-0.2, 0) is 10.0 Å². The van der Waals surface area contributed by atoms with Crippen LogP contribution in [0, 0.1) is 0 Å². The Kier molecular flexibility index (Phi) is 3.28. The first kappa shape index (κ1) is 11.4. The molecule has 0 fully saturated rings. The van der Waals surface area contributed by atoms with Gasteiger partial charge in [-0.25, -0.2) is 13.6 Å². The Balaban J connectivity index is 4.81. The zero-order valence-electron chi connectivity index (χ0n) is 6.00. The molecule has 3 nitrogen and oxygen atoms in total. The standard InChI is InChI=1S/C5H8F3NO2S/c1-2-3-4(5(6,7)8)12(9,10)11/h2,4H,1,3H2,(H2,9,10,11)/t4-/m0/s1. The lowest BCUT2D eigenvalue weighted by Gasteiger charge is -2.15. The van der Waals surface area contributed by atoms with E-state index in [-0.39, 0.29) is 0 Å². The second kappa shape index (κ2) is 3.44. The number of hydrogen-bond donors (Lipinski definition) is 1. The summed E-state index contributed by atoms with van der Waals surface area (Å²) in [5, 5.41) is 1.82. The van der Waals surface area contributed by atoms with E-state index in [1.54, 1.807) is 0 Å². The SMILES string of the molecule is C=CC[C@@H](C(F)(F)F)S(N)(=O)=O. The van der Waals surface area contributed by atoms with E-state index in [1.807, 2.05) is 0 Å². The third-order valence-corrected chi connectivity index (χ3v) is 2.40. The number of nitrogens with two attached hydrogens (primary N) is 1. The predicted molar refractivity (Wildman–Crippen MR) is 37.8 cm³/mol. The fourth-order valence-corrected chi connectivity index (χ4v) is 1.38. The van der Waals surface area contributed by atoms with Crippen molar-refractivity contribution in [2.75, 3.05) is 0 Å². The number of allylic oxidation sites excluding steroid dienone is 1. The molecule has 0 aromatic rings. The molecule has 0 aliphatic carbocycles. The number of alkyl halides is 3. The molecule has 72 valence electrons. The van der Waals surface area contributed by atoms with Crippen LogP contribution in [0.1, 0.15) is 6.42 Å². The summed E-state index contributed by atoms with van der Waals surface area (Å²) in [5.74, 6) is 0. The first-order valence-corrected chi connectivity index (χ1v) is 4.49. The van der Waals surface area contributed by atoms with Crippen molar-refractivity contribution in [3.63, 3.8) is 0 Å². The van der Waals surface area contributed by atoms with Crippen molar-refractivity contribution in [2.24, 2.45) is 5.14 Å². The Hall–Kier alpha value is -0.560. The van der Waals surface area contributed by atoms with E-state index in [1.165, 1.54) is 0 Å². The van der Waals surface area contributed by atoms with Gasteiger partial charge in [0.1, 0.15) is 0 Å². The number of primary sulfonamides is 1.